The molecule has 1 rings (SSSR count). The molecule has 0 aliphatic rings. The Labute approximate surface area is 203 Å². The van der Waals surface area contributed by atoms with Crippen LogP contribution in [0.3, 0.4) is 0 Å². The number of ether oxygens (including phenoxy) is 1. The maximum Gasteiger partial charge on any atom is 0.408 e. The minimum atomic E-state index is -0.854. The third-order valence-corrected chi connectivity index (χ3v) is 5.23. The quantitative estimate of drug-likeness (QED) is 0.335. The molecule has 8 heteroatoms. The highest BCUT2D eigenvalue weighted by atomic mass is 16.5. The highest BCUT2D eigenvalue weighted by Crippen LogP contribution is 2.10. The van der Waals surface area contributed by atoms with Gasteiger partial charge in [-0.1, -0.05) is 77.8 Å². The first kappa shape index (κ1) is 29.1. The van der Waals surface area contributed by atoms with E-state index in [1.807, 2.05) is 65.0 Å². The minimum absolute atomic E-state index is 0.0892. The van der Waals surface area contributed by atoms with E-state index in [2.05, 4.69) is 16.0 Å². The monoisotopic (exact) mass is 475 g/mol. The fourth-order valence-corrected chi connectivity index (χ4v) is 3.47. The number of hydrogen-bond acceptors (Lipinski definition) is 5. The average Bonchev–Trinajstić information content (AvgIpc) is 2.79. The fourth-order valence-electron chi connectivity index (χ4n) is 3.47. The lowest BCUT2D eigenvalue weighted by atomic mass is 10.00. The Balaban J connectivity index is 2.82. The van der Waals surface area contributed by atoms with Crippen LogP contribution in [0.15, 0.2) is 30.3 Å². The largest absolute Gasteiger partial charge is 0.445 e. The van der Waals surface area contributed by atoms with E-state index in [0.29, 0.717) is 19.3 Å². The first-order valence-electron chi connectivity index (χ1n) is 12.2. The molecule has 3 N–H and O–H groups in total. The Morgan fingerprint density at radius 2 is 1.44 bits per heavy atom. The maximum absolute atomic E-state index is 13.1. The number of carbonyl (C=O) groups is 4. The predicted octanol–water partition coefficient (Wildman–Crippen LogP) is 3.73. The second-order valence-corrected chi connectivity index (χ2v) is 9.47. The van der Waals surface area contributed by atoms with Crippen LogP contribution in [0.5, 0.6) is 0 Å². The van der Waals surface area contributed by atoms with Gasteiger partial charge in [0.05, 0.1) is 6.04 Å². The molecule has 0 saturated carbocycles. The van der Waals surface area contributed by atoms with E-state index in [1.54, 1.807) is 0 Å². The van der Waals surface area contributed by atoms with Crippen molar-refractivity contribution in [3.05, 3.63) is 35.9 Å². The van der Waals surface area contributed by atoms with Gasteiger partial charge in [-0.25, -0.2) is 4.79 Å². The normalized spacial score (nSPS) is 13.6. The number of amides is 3. The standard InChI is InChI=1S/C26H41N3O5/c1-6-7-13-21(16-30)27-24(31)22(14-18(2)3)28-25(32)23(15-19(4)5)29-26(33)34-17-20-11-9-8-10-12-20/h8-12,16,18-19,21-23H,6-7,13-15,17H2,1-5H3,(H,27,31)(H,28,32)(H,29,33)/t21-,22-,23-/m1/s1. The summed E-state index contributed by atoms with van der Waals surface area (Å²) in [7, 11) is 0. The molecule has 0 aliphatic heterocycles. The molecule has 0 aromatic heterocycles. The van der Waals surface area contributed by atoms with Crippen molar-refractivity contribution in [1.29, 1.82) is 0 Å². The molecule has 190 valence electrons. The zero-order chi connectivity index (χ0) is 25.5. The molecule has 1 aromatic rings. The van der Waals surface area contributed by atoms with Crippen LogP contribution in [0.25, 0.3) is 0 Å². The Hall–Kier alpha value is -2.90. The van der Waals surface area contributed by atoms with Crippen LogP contribution < -0.4 is 16.0 Å². The number of nitrogens with one attached hydrogen (secondary N) is 3. The summed E-state index contributed by atoms with van der Waals surface area (Å²) in [5.41, 5.74) is 0.837. The molecule has 0 saturated heterocycles. The fraction of sp³-hybridized carbons (Fsp3) is 0.615. The van der Waals surface area contributed by atoms with Gasteiger partial charge in [-0.15, -0.1) is 0 Å². The lowest BCUT2D eigenvalue weighted by Crippen LogP contribution is -2.55. The third-order valence-electron chi connectivity index (χ3n) is 5.23. The summed E-state index contributed by atoms with van der Waals surface area (Å²) in [6, 6.07) is 7.00. The molecular formula is C26H41N3O5. The number of hydrogen-bond donors (Lipinski definition) is 3. The Morgan fingerprint density at radius 3 is 1.97 bits per heavy atom. The molecular weight excluding hydrogens is 434 g/mol. The number of unbranched alkanes of at least 4 members (excludes halogenated alkanes) is 1. The van der Waals surface area contributed by atoms with Gasteiger partial charge in [-0.05, 0) is 36.7 Å². The van der Waals surface area contributed by atoms with Gasteiger partial charge >= 0.3 is 6.09 Å². The van der Waals surface area contributed by atoms with Gasteiger partial charge in [0.2, 0.25) is 11.8 Å². The average molecular weight is 476 g/mol. The van der Waals surface area contributed by atoms with Crippen LogP contribution in [0.2, 0.25) is 0 Å². The predicted molar refractivity (Wildman–Crippen MR) is 132 cm³/mol. The molecule has 34 heavy (non-hydrogen) atoms. The zero-order valence-corrected chi connectivity index (χ0v) is 21.1. The second-order valence-electron chi connectivity index (χ2n) is 9.47. The smallest absolute Gasteiger partial charge is 0.408 e. The van der Waals surface area contributed by atoms with Crippen LogP contribution >= 0.6 is 0 Å². The van der Waals surface area contributed by atoms with Crippen molar-refractivity contribution in [3.8, 4) is 0 Å². The molecule has 1 aromatic carbocycles. The Bertz CT molecular complexity index is 767. The van der Waals surface area contributed by atoms with Crippen LogP contribution in [-0.4, -0.2) is 42.3 Å². The van der Waals surface area contributed by atoms with Crippen LogP contribution in [0.1, 0.15) is 72.3 Å². The van der Waals surface area contributed by atoms with E-state index in [9.17, 15) is 19.2 Å². The summed E-state index contributed by atoms with van der Waals surface area (Å²) in [6.45, 7) is 9.89. The lowest BCUT2D eigenvalue weighted by Gasteiger charge is -2.26. The topological polar surface area (TPSA) is 114 Å². The van der Waals surface area contributed by atoms with E-state index in [-0.39, 0.29) is 18.4 Å². The first-order chi connectivity index (χ1) is 16.2. The molecule has 3 amide bonds. The third kappa shape index (κ3) is 11.8. The highest BCUT2D eigenvalue weighted by molar-refractivity contribution is 5.92. The molecule has 0 radical (unpaired) electrons. The zero-order valence-electron chi connectivity index (χ0n) is 21.1. The van der Waals surface area contributed by atoms with Gasteiger partial charge in [-0.3, -0.25) is 9.59 Å². The number of benzene rings is 1. The summed E-state index contributed by atoms with van der Waals surface area (Å²) in [5.74, 6) is -0.600. The SMILES string of the molecule is CCCC[C@H](C=O)NC(=O)[C@@H](CC(C)C)NC(=O)[C@@H](CC(C)C)NC(=O)OCc1ccccc1. The van der Waals surface area contributed by atoms with Crippen molar-refractivity contribution in [1.82, 2.24) is 16.0 Å². The summed E-state index contributed by atoms with van der Waals surface area (Å²) in [4.78, 5) is 49.7. The maximum atomic E-state index is 13.1. The van der Waals surface area contributed by atoms with E-state index in [0.717, 1.165) is 24.7 Å². The van der Waals surface area contributed by atoms with Gasteiger partial charge in [-0.2, -0.15) is 0 Å². The first-order valence-corrected chi connectivity index (χ1v) is 12.2. The summed E-state index contributed by atoms with van der Waals surface area (Å²) in [5, 5.41) is 8.15. The molecule has 0 unspecified atom stereocenters. The Morgan fingerprint density at radius 1 is 0.882 bits per heavy atom. The van der Waals surface area contributed by atoms with Crippen molar-refractivity contribution in [2.45, 2.75) is 91.5 Å². The summed E-state index contributed by atoms with van der Waals surface area (Å²) in [6.07, 6.45) is 3.10. The van der Waals surface area contributed by atoms with E-state index in [4.69, 9.17) is 4.74 Å². The number of alkyl carbamates (subject to hydrolysis) is 1. The van der Waals surface area contributed by atoms with Crippen LogP contribution in [0, 0.1) is 11.8 Å². The number of aldehydes is 1. The minimum Gasteiger partial charge on any atom is -0.445 e. The number of rotatable bonds is 15. The van der Waals surface area contributed by atoms with Gasteiger partial charge in [0.1, 0.15) is 25.0 Å². The second kappa shape index (κ2) is 15.9. The van der Waals surface area contributed by atoms with Crippen molar-refractivity contribution in [2.75, 3.05) is 0 Å². The van der Waals surface area contributed by atoms with E-state index in [1.165, 1.54) is 0 Å². The molecule has 8 nitrogen and oxygen atoms in total. The van der Waals surface area contributed by atoms with Crippen molar-refractivity contribution in [2.24, 2.45) is 11.8 Å². The van der Waals surface area contributed by atoms with E-state index < -0.39 is 36.0 Å². The van der Waals surface area contributed by atoms with Crippen LogP contribution in [-0.2, 0) is 25.7 Å². The lowest BCUT2D eigenvalue weighted by molar-refractivity contribution is -0.131. The van der Waals surface area contributed by atoms with Crippen molar-refractivity contribution >= 4 is 24.2 Å². The van der Waals surface area contributed by atoms with Crippen LogP contribution in [0.4, 0.5) is 4.79 Å². The number of carbonyl (C=O) groups excluding carboxylic acids is 4. The van der Waals surface area contributed by atoms with Gasteiger partial charge in [0, 0.05) is 0 Å². The molecule has 0 aliphatic carbocycles. The molecule has 3 atom stereocenters. The summed E-state index contributed by atoms with van der Waals surface area (Å²) < 4.78 is 5.26. The highest BCUT2D eigenvalue weighted by Gasteiger charge is 2.29. The Kier molecular flexibility index (Phi) is 13.6. The van der Waals surface area contributed by atoms with Gasteiger partial charge in [0.25, 0.3) is 0 Å². The van der Waals surface area contributed by atoms with Crippen molar-refractivity contribution in [3.63, 3.8) is 0 Å². The van der Waals surface area contributed by atoms with E-state index >= 15 is 0 Å². The molecule has 0 fully saturated rings. The van der Waals surface area contributed by atoms with Gasteiger partial charge in [0.15, 0.2) is 0 Å². The van der Waals surface area contributed by atoms with Crippen molar-refractivity contribution < 1.29 is 23.9 Å². The molecule has 0 heterocycles. The summed E-state index contributed by atoms with van der Waals surface area (Å²) >= 11 is 0. The molecule has 0 spiro atoms. The molecule has 0 bridgehead atoms. The van der Waals surface area contributed by atoms with Gasteiger partial charge < -0.3 is 25.5 Å².